The molecule has 0 fully saturated rings. The van der Waals surface area contributed by atoms with Crippen LogP contribution in [0.15, 0.2) is 116 Å². The van der Waals surface area contributed by atoms with E-state index in [1.807, 2.05) is 48.5 Å². The zero-order valence-corrected chi connectivity index (χ0v) is 22.4. The fourth-order valence-corrected chi connectivity index (χ4v) is 4.74. The van der Waals surface area contributed by atoms with Gasteiger partial charge in [-0.1, -0.05) is 42.5 Å². The first-order chi connectivity index (χ1) is 19.5. The largest absolute Gasteiger partial charge is 0.488 e. The molecule has 2 aromatic heterocycles. The topological polar surface area (TPSA) is 107 Å². The Kier molecular flexibility index (Phi) is 6.71. The molecule has 0 saturated heterocycles. The Balaban J connectivity index is 1.30. The highest BCUT2D eigenvalue weighted by atomic mass is 79.9. The molecular weight excluding hydrogens is 574 g/mol. The fourth-order valence-electron chi connectivity index (χ4n) is 4.23. The number of hydrogen-bond acceptors (Lipinski definition) is 6. The third-order valence-electron chi connectivity index (χ3n) is 6.27. The number of carboxylic acid groups (broad SMARTS) is 1. The maximum Gasteiger partial charge on any atom is 0.335 e. The highest BCUT2D eigenvalue weighted by Gasteiger charge is 2.16. The van der Waals surface area contributed by atoms with E-state index in [1.165, 1.54) is 4.68 Å². The number of ether oxygens (including phenoxy) is 1. The predicted molar refractivity (Wildman–Crippen MR) is 156 cm³/mol. The van der Waals surface area contributed by atoms with E-state index in [2.05, 4.69) is 21.0 Å². The van der Waals surface area contributed by atoms with Crippen molar-refractivity contribution in [3.8, 4) is 17.3 Å². The molecule has 0 saturated carbocycles. The smallest absolute Gasteiger partial charge is 0.335 e. The van der Waals surface area contributed by atoms with E-state index < -0.39 is 5.97 Å². The Labute approximate surface area is 235 Å². The molecule has 0 aliphatic carbocycles. The number of aromatic nitrogens is 2. The Hall–Kier alpha value is -5.02. The van der Waals surface area contributed by atoms with E-state index in [-0.39, 0.29) is 17.7 Å². The van der Waals surface area contributed by atoms with Gasteiger partial charge >= 0.3 is 5.97 Å². The maximum atomic E-state index is 13.5. The molecule has 0 spiro atoms. The van der Waals surface area contributed by atoms with E-state index in [9.17, 15) is 9.59 Å². The molecule has 0 radical (unpaired) electrons. The van der Waals surface area contributed by atoms with Crippen molar-refractivity contribution in [1.29, 1.82) is 0 Å². The van der Waals surface area contributed by atoms with E-state index in [1.54, 1.807) is 54.7 Å². The first-order valence-corrected chi connectivity index (χ1v) is 13.1. The molecule has 1 N–H and O–H groups in total. The number of para-hydroxylation sites is 2. The Morgan fingerprint density at radius 2 is 1.77 bits per heavy atom. The molecule has 40 heavy (non-hydrogen) atoms. The Morgan fingerprint density at radius 1 is 1.00 bits per heavy atom. The van der Waals surface area contributed by atoms with Crippen LogP contribution in [0.3, 0.4) is 0 Å². The monoisotopic (exact) mass is 593 g/mol. The minimum atomic E-state index is -0.973. The van der Waals surface area contributed by atoms with Crippen LogP contribution in [0.2, 0.25) is 0 Å². The summed E-state index contributed by atoms with van der Waals surface area (Å²) < 4.78 is 13.9. The Bertz CT molecular complexity index is 1940. The van der Waals surface area contributed by atoms with Crippen molar-refractivity contribution in [2.24, 2.45) is 5.10 Å². The van der Waals surface area contributed by atoms with Crippen LogP contribution >= 0.6 is 15.9 Å². The van der Waals surface area contributed by atoms with E-state index >= 15 is 0 Å². The molecule has 0 atom stereocenters. The molecule has 6 rings (SSSR count). The van der Waals surface area contributed by atoms with Crippen molar-refractivity contribution in [3.05, 3.63) is 129 Å². The summed E-state index contributed by atoms with van der Waals surface area (Å²) in [6.07, 6.45) is 1.57. The number of carboxylic acids is 1. The molecule has 0 aliphatic rings. The average molecular weight is 594 g/mol. The van der Waals surface area contributed by atoms with Crippen molar-refractivity contribution < 1.29 is 19.1 Å². The number of halogens is 1. The third-order valence-corrected chi connectivity index (χ3v) is 6.89. The van der Waals surface area contributed by atoms with Crippen molar-refractivity contribution >= 4 is 50.0 Å². The van der Waals surface area contributed by atoms with Crippen LogP contribution in [-0.2, 0) is 6.61 Å². The van der Waals surface area contributed by atoms with Crippen molar-refractivity contribution in [1.82, 2.24) is 9.66 Å². The number of benzene rings is 4. The average Bonchev–Trinajstić information content (AvgIpc) is 3.41. The van der Waals surface area contributed by atoms with E-state index in [0.29, 0.717) is 38.3 Å². The van der Waals surface area contributed by atoms with Gasteiger partial charge in [0.2, 0.25) is 5.82 Å². The first kappa shape index (κ1) is 25.3. The lowest BCUT2D eigenvalue weighted by Gasteiger charge is -2.10. The van der Waals surface area contributed by atoms with Crippen LogP contribution in [0, 0.1) is 0 Å². The van der Waals surface area contributed by atoms with Gasteiger partial charge in [0.1, 0.15) is 17.9 Å². The normalized spacial score (nSPS) is 11.4. The molecular formula is C31H20BrN3O5. The summed E-state index contributed by atoms with van der Waals surface area (Å²) in [7, 11) is 0. The summed E-state index contributed by atoms with van der Waals surface area (Å²) in [4.78, 5) is 29.2. The zero-order valence-electron chi connectivity index (χ0n) is 20.8. The lowest BCUT2D eigenvalue weighted by molar-refractivity contribution is 0.0697. The van der Waals surface area contributed by atoms with E-state index in [0.717, 1.165) is 16.5 Å². The van der Waals surface area contributed by atoms with Gasteiger partial charge in [0.25, 0.3) is 5.56 Å². The van der Waals surface area contributed by atoms with Gasteiger partial charge in [-0.3, -0.25) is 4.79 Å². The van der Waals surface area contributed by atoms with Crippen LogP contribution in [-0.4, -0.2) is 27.0 Å². The molecule has 0 bridgehead atoms. The van der Waals surface area contributed by atoms with Gasteiger partial charge in [-0.15, -0.1) is 0 Å². The molecule has 9 heteroatoms. The van der Waals surface area contributed by atoms with Crippen LogP contribution < -0.4 is 10.3 Å². The van der Waals surface area contributed by atoms with Gasteiger partial charge in [-0.2, -0.15) is 9.78 Å². The highest BCUT2D eigenvalue weighted by molar-refractivity contribution is 9.10. The summed E-state index contributed by atoms with van der Waals surface area (Å²) in [5.41, 5.74) is 2.71. The minimum absolute atomic E-state index is 0.220. The number of carbonyl (C=O) groups is 1. The van der Waals surface area contributed by atoms with Crippen LogP contribution in [0.4, 0.5) is 0 Å². The second kappa shape index (κ2) is 10.6. The van der Waals surface area contributed by atoms with Gasteiger partial charge in [-0.25, -0.2) is 9.78 Å². The number of fused-ring (bicyclic) bond motifs is 2. The fraction of sp³-hybridized carbons (Fsp3) is 0.0323. The molecule has 0 amide bonds. The predicted octanol–water partition coefficient (Wildman–Crippen LogP) is 6.73. The van der Waals surface area contributed by atoms with Gasteiger partial charge in [0.05, 0.1) is 27.2 Å². The number of rotatable bonds is 7. The first-order valence-electron chi connectivity index (χ1n) is 12.3. The second-order valence-electron chi connectivity index (χ2n) is 8.94. The SMILES string of the molecule is O=C(O)c1ccc(COc2ccc(C=Nn3c(-c4cc5ccccc5o4)nc4ccccc4c3=O)cc2Br)cc1. The quantitative estimate of drug-likeness (QED) is 0.206. The molecule has 4 aromatic carbocycles. The summed E-state index contributed by atoms with van der Waals surface area (Å²) >= 11 is 3.54. The lowest BCUT2D eigenvalue weighted by atomic mass is 10.1. The molecule has 2 heterocycles. The molecule has 8 nitrogen and oxygen atoms in total. The third kappa shape index (κ3) is 5.02. The molecule has 0 unspecified atom stereocenters. The van der Waals surface area contributed by atoms with Crippen molar-refractivity contribution in [3.63, 3.8) is 0 Å². The summed E-state index contributed by atoms with van der Waals surface area (Å²) in [5, 5.41) is 14.9. The van der Waals surface area contributed by atoms with Crippen LogP contribution in [0.1, 0.15) is 21.5 Å². The zero-order chi connectivity index (χ0) is 27.6. The lowest BCUT2D eigenvalue weighted by Crippen LogP contribution is -2.20. The van der Waals surface area contributed by atoms with E-state index in [4.69, 9.17) is 19.2 Å². The summed E-state index contributed by atoms with van der Waals surface area (Å²) in [5.74, 6) is 0.359. The number of aromatic carboxylic acids is 1. The maximum absolute atomic E-state index is 13.5. The number of furan rings is 1. The van der Waals surface area contributed by atoms with Gasteiger partial charge < -0.3 is 14.3 Å². The molecule has 0 aliphatic heterocycles. The highest BCUT2D eigenvalue weighted by Crippen LogP contribution is 2.28. The second-order valence-corrected chi connectivity index (χ2v) is 9.80. The van der Waals surface area contributed by atoms with Gasteiger partial charge in [0.15, 0.2) is 5.76 Å². The van der Waals surface area contributed by atoms with Crippen LogP contribution in [0.25, 0.3) is 33.5 Å². The number of nitrogens with zero attached hydrogens (tertiary/aromatic N) is 3. The van der Waals surface area contributed by atoms with Crippen LogP contribution in [0.5, 0.6) is 5.75 Å². The van der Waals surface area contributed by atoms with Gasteiger partial charge in [0, 0.05) is 5.39 Å². The molecule has 196 valence electrons. The van der Waals surface area contributed by atoms with Crippen molar-refractivity contribution in [2.45, 2.75) is 6.61 Å². The van der Waals surface area contributed by atoms with Gasteiger partial charge in [-0.05, 0) is 81.7 Å². The number of hydrogen-bond donors (Lipinski definition) is 1. The standard InChI is InChI=1S/C31H20BrN3O5/c32-24-15-20(11-14-27(24)39-18-19-9-12-21(13-10-19)31(37)38)17-33-35-29(28-16-22-5-1-4-8-26(22)40-28)34-25-7-3-2-6-23(25)30(35)36/h1-17H,18H2,(H,37,38). The molecule has 6 aromatic rings. The Morgan fingerprint density at radius 3 is 2.55 bits per heavy atom. The van der Waals surface area contributed by atoms with Crippen molar-refractivity contribution in [2.75, 3.05) is 0 Å². The summed E-state index contributed by atoms with van der Waals surface area (Å²) in [6.45, 7) is 0.269. The minimum Gasteiger partial charge on any atom is -0.488 e. The summed E-state index contributed by atoms with van der Waals surface area (Å²) in [6, 6.07) is 28.5.